The van der Waals surface area contributed by atoms with Crippen LogP contribution < -0.4 is 4.74 Å². The van der Waals surface area contributed by atoms with Crippen LogP contribution in [0.15, 0.2) is 30.6 Å². The minimum atomic E-state index is -0.502. The van der Waals surface area contributed by atoms with E-state index in [1.165, 1.54) is 32.7 Å². The lowest BCUT2D eigenvalue weighted by Crippen LogP contribution is -2.33. The first kappa shape index (κ1) is 18.6. The second-order valence-corrected chi connectivity index (χ2v) is 6.58. The van der Waals surface area contributed by atoms with Crippen LogP contribution in [0.5, 0.6) is 5.75 Å². The Hall–Kier alpha value is -2.18. The topological polar surface area (TPSA) is 64.6 Å². The highest BCUT2D eigenvalue weighted by molar-refractivity contribution is 6.32. The second-order valence-electron chi connectivity index (χ2n) is 6.18. The third-order valence-corrected chi connectivity index (χ3v) is 4.70. The number of hydrogen-bond donors (Lipinski definition) is 0. The van der Waals surface area contributed by atoms with Crippen LogP contribution in [0.25, 0.3) is 11.3 Å². The summed E-state index contributed by atoms with van der Waals surface area (Å²) in [5.41, 5.74) is 1.59. The van der Waals surface area contributed by atoms with Crippen molar-refractivity contribution in [2.75, 3.05) is 33.4 Å². The van der Waals surface area contributed by atoms with Gasteiger partial charge >= 0.3 is 5.97 Å². The Bertz CT molecular complexity index is 763. The smallest absolute Gasteiger partial charge is 0.356 e. The minimum absolute atomic E-state index is 0.204. The number of hydrogen-bond acceptors (Lipinski definition) is 6. The van der Waals surface area contributed by atoms with E-state index in [0.29, 0.717) is 23.1 Å². The number of carbonyl (C=O) groups excluding carboxylic acids is 1. The minimum Gasteiger partial charge on any atom is -0.491 e. The molecular formula is C19H22ClN3O3. The van der Waals surface area contributed by atoms with Gasteiger partial charge in [0, 0.05) is 12.1 Å². The van der Waals surface area contributed by atoms with Crippen LogP contribution >= 0.6 is 11.6 Å². The van der Waals surface area contributed by atoms with E-state index in [1.54, 1.807) is 12.1 Å². The molecule has 6 nitrogen and oxygen atoms in total. The molecule has 0 unspecified atom stereocenters. The molecule has 2 aromatic rings. The van der Waals surface area contributed by atoms with Crippen molar-refractivity contribution in [3.05, 3.63) is 41.3 Å². The summed E-state index contributed by atoms with van der Waals surface area (Å²) >= 11 is 6.36. The number of rotatable bonds is 6. The highest BCUT2D eigenvalue weighted by atomic mass is 35.5. The molecular weight excluding hydrogens is 354 g/mol. The maximum absolute atomic E-state index is 11.6. The largest absolute Gasteiger partial charge is 0.491 e. The van der Waals surface area contributed by atoms with Crippen LogP contribution in [0, 0.1) is 0 Å². The Labute approximate surface area is 158 Å². The lowest BCUT2D eigenvalue weighted by Gasteiger charge is -2.26. The van der Waals surface area contributed by atoms with Gasteiger partial charge in [-0.1, -0.05) is 18.0 Å². The molecule has 1 aromatic carbocycles. The normalized spacial score (nSPS) is 14.8. The Morgan fingerprint density at radius 1 is 1.19 bits per heavy atom. The molecule has 1 fully saturated rings. The molecule has 7 heteroatoms. The summed E-state index contributed by atoms with van der Waals surface area (Å²) in [6, 6.07) is 7.05. The standard InChI is InChI=1S/C19H22ClN3O3/c1-25-19(24)17-12-16(21-13-22-17)14-5-6-18(15(20)11-14)26-10-9-23-7-3-2-4-8-23/h5-6,11-13H,2-4,7-10H2,1H3. The summed E-state index contributed by atoms with van der Waals surface area (Å²) < 4.78 is 10.5. The number of aromatic nitrogens is 2. The van der Waals surface area contributed by atoms with Gasteiger partial charge < -0.3 is 9.47 Å². The zero-order chi connectivity index (χ0) is 18.4. The molecule has 1 aromatic heterocycles. The van der Waals surface area contributed by atoms with Gasteiger partial charge in [-0.3, -0.25) is 4.90 Å². The Morgan fingerprint density at radius 3 is 2.73 bits per heavy atom. The van der Waals surface area contributed by atoms with Crippen LogP contribution in [0.4, 0.5) is 0 Å². The monoisotopic (exact) mass is 375 g/mol. The molecule has 0 radical (unpaired) electrons. The van der Waals surface area contributed by atoms with Crippen molar-refractivity contribution < 1.29 is 14.3 Å². The van der Waals surface area contributed by atoms with E-state index in [9.17, 15) is 4.79 Å². The summed E-state index contributed by atoms with van der Waals surface area (Å²) in [7, 11) is 1.32. The number of halogens is 1. The second kappa shape index (κ2) is 8.96. The van der Waals surface area contributed by atoms with E-state index in [0.717, 1.165) is 25.2 Å². The average molecular weight is 376 g/mol. The van der Waals surface area contributed by atoms with Crippen LogP contribution in [0.2, 0.25) is 5.02 Å². The molecule has 0 spiro atoms. The highest BCUT2D eigenvalue weighted by Gasteiger charge is 2.12. The summed E-state index contributed by atoms with van der Waals surface area (Å²) in [6.45, 7) is 3.81. The number of ether oxygens (including phenoxy) is 2. The van der Waals surface area contributed by atoms with Crippen molar-refractivity contribution in [3.8, 4) is 17.0 Å². The fourth-order valence-corrected chi connectivity index (χ4v) is 3.21. The Morgan fingerprint density at radius 2 is 2.00 bits per heavy atom. The number of piperidine rings is 1. The Kier molecular flexibility index (Phi) is 6.41. The summed E-state index contributed by atoms with van der Waals surface area (Å²) in [5, 5.41) is 0.513. The molecule has 0 atom stereocenters. The third-order valence-electron chi connectivity index (χ3n) is 4.40. The molecule has 138 valence electrons. The van der Waals surface area contributed by atoms with E-state index >= 15 is 0 Å². The summed E-state index contributed by atoms with van der Waals surface area (Å²) in [5.74, 6) is 0.145. The molecule has 1 aliphatic rings. The van der Waals surface area contributed by atoms with Crippen LogP contribution in [0.1, 0.15) is 29.8 Å². The van der Waals surface area contributed by atoms with Gasteiger partial charge in [-0.25, -0.2) is 14.8 Å². The van der Waals surface area contributed by atoms with Crippen LogP contribution in [-0.4, -0.2) is 54.2 Å². The molecule has 0 aliphatic carbocycles. The molecule has 1 aliphatic heterocycles. The predicted octanol–water partition coefficient (Wildman–Crippen LogP) is 3.45. The van der Waals surface area contributed by atoms with Crippen LogP contribution in [0.3, 0.4) is 0 Å². The molecule has 0 bridgehead atoms. The number of carbonyl (C=O) groups is 1. The molecule has 26 heavy (non-hydrogen) atoms. The van der Waals surface area contributed by atoms with Crippen molar-refractivity contribution in [1.29, 1.82) is 0 Å². The average Bonchev–Trinajstić information content (AvgIpc) is 2.69. The first-order chi connectivity index (χ1) is 12.7. The number of likely N-dealkylation sites (tertiary alicyclic amines) is 1. The van der Waals surface area contributed by atoms with Crippen molar-refractivity contribution in [3.63, 3.8) is 0 Å². The van der Waals surface area contributed by atoms with Gasteiger partial charge in [0.05, 0.1) is 17.8 Å². The maximum atomic E-state index is 11.6. The lowest BCUT2D eigenvalue weighted by atomic mass is 10.1. The first-order valence-corrected chi connectivity index (χ1v) is 9.10. The van der Waals surface area contributed by atoms with E-state index in [-0.39, 0.29) is 5.69 Å². The van der Waals surface area contributed by atoms with E-state index in [4.69, 9.17) is 16.3 Å². The number of esters is 1. The van der Waals surface area contributed by atoms with Gasteiger partial charge in [-0.15, -0.1) is 0 Å². The third kappa shape index (κ3) is 4.71. The molecule has 0 amide bonds. The van der Waals surface area contributed by atoms with Gasteiger partial charge in [0.2, 0.25) is 0 Å². The molecule has 3 rings (SSSR count). The number of methoxy groups -OCH3 is 1. The van der Waals surface area contributed by atoms with Gasteiger partial charge in [0.1, 0.15) is 18.7 Å². The van der Waals surface area contributed by atoms with Crippen LogP contribution in [-0.2, 0) is 4.74 Å². The first-order valence-electron chi connectivity index (χ1n) is 8.73. The quantitative estimate of drug-likeness (QED) is 0.720. The predicted molar refractivity (Wildman–Crippen MR) is 99.6 cm³/mol. The Balaban J connectivity index is 1.64. The lowest BCUT2D eigenvalue weighted by molar-refractivity contribution is 0.0594. The summed E-state index contributed by atoms with van der Waals surface area (Å²) in [4.78, 5) is 22.1. The van der Waals surface area contributed by atoms with Gasteiger partial charge in [0.25, 0.3) is 0 Å². The summed E-state index contributed by atoms with van der Waals surface area (Å²) in [6.07, 6.45) is 5.19. The van der Waals surface area contributed by atoms with Crippen molar-refractivity contribution in [2.45, 2.75) is 19.3 Å². The molecule has 0 saturated carbocycles. The zero-order valence-corrected chi connectivity index (χ0v) is 15.5. The van der Waals surface area contributed by atoms with E-state index in [2.05, 4.69) is 19.6 Å². The van der Waals surface area contributed by atoms with E-state index in [1.807, 2.05) is 12.1 Å². The number of nitrogens with zero attached hydrogens (tertiary/aromatic N) is 3. The highest BCUT2D eigenvalue weighted by Crippen LogP contribution is 2.29. The SMILES string of the molecule is COC(=O)c1cc(-c2ccc(OCCN3CCCCC3)c(Cl)c2)ncn1. The zero-order valence-electron chi connectivity index (χ0n) is 14.8. The molecule has 1 saturated heterocycles. The number of benzene rings is 1. The van der Waals surface area contributed by atoms with Gasteiger partial charge in [-0.05, 0) is 50.2 Å². The van der Waals surface area contributed by atoms with Crippen molar-refractivity contribution in [2.24, 2.45) is 0 Å². The van der Waals surface area contributed by atoms with Crippen molar-refractivity contribution >= 4 is 17.6 Å². The van der Waals surface area contributed by atoms with Gasteiger partial charge in [0.15, 0.2) is 5.69 Å². The van der Waals surface area contributed by atoms with Gasteiger partial charge in [-0.2, -0.15) is 0 Å². The molecule has 2 heterocycles. The van der Waals surface area contributed by atoms with Crippen molar-refractivity contribution in [1.82, 2.24) is 14.9 Å². The van der Waals surface area contributed by atoms with E-state index < -0.39 is 5.97 Å². The maximum Gasteiger partial charge on any atom is 0.356 e. The fraction of sp³-hybridized carbons (Fsp3) is 0.421. The fourth-order valence-electron chi connectivity index (χ4n) is 2.98. The molecule has 0 N–H and O–H groups in total.